The van der Waals surface area contributed by atoms with E-state index in [9.17, 15) is 9.18 Å². The van der Waals surface area contributed by atoms with Crippen molar-refractivity contribution in [2.75, 3.05) is 0 Å². The summed E-state index contributed by atoms with van der Waals surface area (Å²) in [5.41, 5.74) is 4.06. The third-order valence-corrected chi connectivity index (χ3v) is 6.47. The topological polar surface area (TPSA) is 107 Å². The van der Waals surface area contributed by atoms with Crippen molar-refractivity contribution < 1.29 is 9.18 Å². The van der Waals surface area contributed by atoms with Crippen LogP contribution in [0.3, 0.4) is 0 Å². The molecule has 0 spiro atoms. The van der Waals surface area contributed by atoms with Crippen molar-refractivity contribution in [1.29, 1.82) is 0 Å². The first-order chi connectivity index (χ1) is 17.0. The van der Waals surface area contributed by atoms with Crippen LogP contribution in [0.15, 0.2) is 37.1 Å². The van der Waals surface area contributed by atoms with Crippen LogP contribution >= 0.6 is 23.2 Å². The number of carbonyl (C=O) groups excluding carboxylic acids is 1. The molecule has 5 aromatic heterocycles. The summed E-state index contributed by atoms with van der Waals surface area (Å²) in [6, 6.07) is 3.46. The SMILES string of the molecule is O=C(NCc1ncn2ccc(Cl)c(F)c12)c1cn(Cc2cn3nc(C4CC4)cc(CCl)c3n2)nn1. The molecule has 6 rings (SSSR count). The van der Waals surface area contributed by atoms with E-state index in [2.05, 4.69) is 30.7 Å². The minimum atomic E-state index is -0.592. The molecule has 178 valence electrons. The molecule has 35 heavy (non-hydrogen) atoms. The van der Waals surface area contributed by atoms with Crippen molar-refractivity contribution in [3.8, 4) is 0 Å². The van der Waals surface area contributed by atoms with Crippen LogP contribution in [0.1, 0.15) is 51.9 Å². The number of hydrogen-bond donors (Lipinski definition) is 1. The van der Waals surface area contributed by atoms with Gasteiger partial charge in [0.15, 0.2) is 17.2 Å². The maximum Gasteiger partial charge on any atom is 0.273 e. The average molecular weight is 514 g/mol. The second kappa shape index (κ2) is 8.58. The van der Waals surface area contributed by atoms with Gasteiger partial charge in [-0.15, -0.1) is 16.7 Å². The van der Waals surface area contributed by atoms with E-state index >= 15 is 0 Å². The predicted octanol–water partition coefficient (Wildman–Crippen LogP) is 3.36. The zero-order chi connectivity index (χ0) is 24.1. The van der Waals surface area contributed by atoms with Crippen LogP contribution in [0, 0.1) is 5.82 Å². The Balaban J connectivity index is 1.16. The number of rotatable bonds is 7. The summed E-state index contributed by atoms with van der Waals surface area (Å²) in [7, 11) is 0. The number of halogens is 3. The molecule has 0 aliphatic heterocycles. The first kappa shape index (κ1) is 21.9. The first-order valence-corrected chi connectivity index (χ1v) is 11.8. The Morgan fingerprint density at radius 2 is 2.14 bits per heavy atom. The summed E-state index contributed by atoms with van der Waals surface area (Å²) in [6.07, 6.45) is 8.70. The molecule has 0 saturated heterocycles. The third kappa shape index (κ3) is 4.10. The molecule has 1 aliphatic carbocycles. The van der Waals surface area contributed by atoms with Crippen LogP contribution in [0.2, 0.25) is 5.02 Å². The largest absolute Gasteiger partial charge is 0.345 e. The van der Waals surface area contributed by atoms with Crippen molar-refractivity contribution in [2.24, 2.45) is 0 Å². The molecule has 5 aromatic rings. The number of imidazole rings is 2. The molecule has 1 amide bonds. The standard InChI is InChI=1S/C22H18Cl2FN9O/c23-6-13-5-16(12-1-2-12)30-34-9-14(28-21(13)34)8-33-10-18(29-31-33)22(35)26-7-17-20-19(25)15(24)3-4-32(20)11-27-17/h3-5,9-12H,1-2,6-8H2,(H,26,35). The smallest absolute Gasteiger partial charge is 0.273 e. The minimum absolute atomic E-state index is 0.00207. The molecule has 0 atom stereocenters. The molecular weight excluding hydrogens is 496 g/mol. The van der Waals surface area contributed by atoms with Gasteiger partial charge in [0.2, 0.25) is 0 Å². The van der Waals surface area contributed by atoms with Crippen LogP contribution < -0.4 is 5.32 Å². The lowest BCUT2D eigenvalue weighted by Crippen LogP contribution is -2.23. The Bertz CT molecular complexity index is 1590. The number of fused-ring (bicyclic) bond motifs is 2. The molecule has 10 nitrogen and oxygen atoms in total. The van der Waals surface area contributed by atoms with Gasteiger partial charge in [-0.05, 0) is 25.0 Å². The van der Waals surface area contributed by atoms with Gasteiger partial charge in [0, 0.05) is 17.7 Å². The fourth-order valence-electron chi connectivity index (χ4n) is 3.98. The first-order valence-electron chi connectivity index (χ1n) is 10.9. The molecule has 1 N–H and O–H groups in total. The quantitative estimate of drug-likeness (QED) is 0.334. The molecule has 0 bridgehead atoms. The van der Waals surface area contributed by atoms with Crippen molar-refractivity contribution in [3.63, 3.8) is 0 Å². The van der Waals surface area contributed by atoms with E-state index < -0.39 is 11.7 Å². The van der Waals surface area contributed by atoms with Gasteiger partial charge in [0.05, 0.1) is 59.8 Å². The van der Waals surface area contributed by atoms with Gasteiger partial charge in [-0.2, -0.15) is 5.10 Å². The van der Waals surface area contributed by atoms with Crippen LogP contribution in [0.5, 0.6) is 0 Å². The van der Waals surface area contributed by atoms with Gasteiger partial charge < -0.3 is 9.72 Å². The number of pyridine rings is 1. The number of hydrogen-bond acceptors (Lipinski definition) is 6. The molecule has 1 fully saturated rings. The van der Waals surface area contributed by atoms with Crippen molar-refractivity contribution in [2.45, 2.75) is 37.7 Å². The number of carbonyl (C=O) groups is 1. The Labute approximate surface area is 207 Å². The highest BCUT2D eigenvalue weighted by Crippen LogP contribution is 2.39. The summed E-state index contributed by atoms with van der Waals surface area (Å²) >= 11 is 12.0. The Kier molecular flexibility index (Phi) is 5.37. The summed E-state index contributed by atoms with van der Waals surface area (Å²) < 4.78 is 19.2. The third-order valence-electron chi connectivity index (χ3n) is 5.89. The molecule has 0 aromatic carbocycles. The highest BCUT2D eigenvalue weighted by atomic mass is 35.5. The maximum absolute atomic E-state index is 14.4. The summed E-state index contributed by atoms with van der Waals surface area (Å²) in [5, 5.41) is 15.3. The van der Waals surface area contributed by atoms with E-state index in [1.165, 1.54) is 27.7 Å². The van der Waals surface area contributed by atoms with E-state index in [1.54, 1.807) is 10.7 Å². The van der Waals surface area contributed by atoms with Gasteiger partial charge in [-0.3, -0.25) is 4.79 Å². The number of nitrogens with one attached hydrogen (secondary N) is 1. The lowest BCUT2D eigenvalue weighted by Gasteiger charge is -2.03. The molecule has 0 unspecified atom stereocenters. The Morgan fingerprint density at radius 1 is 1.29 bits per heavy atom. The van der Waals surface area contributed by atoms with Crippen molar-refractivity contribution in [1.82, 2.24) is 44.3 Å². The summed E-state index contributed by atoms with van der Waals surface area (Å²) in [5.74, 6) is -0.213. The number of amides is 1. The molecule has 1 saturated carbocycles. The van der Waals surface area contributed by atoms with Gasteiger partial charge in [0.25, 0.3) is 5.91 Å². The highest BCUT2D eigenvalue weighted by molar-refractivity contribution is 6.31. The molecular formula is C22H18Cl2FN9O. The fourth-order valence-corrected chi connectivity index (χ4v) is 4.32. The molecule has 5 heterocycles. The minimum Gasteiger partial charge on any atom is -0.345 e. The van der Waals surface area contributed by atoms with Crippen LogP contribution in [0.25, 0.3) is 11.2 Å². The molecule has 0 radical (unpaired) electrons. The fraction of sp³-hybridized carbons (Fsp3) is 0.273. The molecule has 1 aliphatic rings. The maximum atomic E-state index is 14.4. The van der Waals surface area contributed by atoms with E-state index in [0.29, 0.717) is 35.4 Å². The second-order valence-electron chi connectivity index (χ2n) is 8.41. The van der Waals surface area contributed by atoms with Crippen LogP contribution in [-0.4, -0.2) is 44.9 Å². The van der Waals surface area contributed by atoms with Crippen molar-refractivity contribution >= 4 is 40.3 Å². The van der Waals surface area contributed by atoms with Gasteiger partial charge in [0.1, 0.15) is 5.52 Å². The lowest BCUT2D eigenvalue weighted by molar-refractivity contribution is 0.0945. The van der Waals surface area contributed by atoms with Crippen LogP contribution in [-0.2, 0) is 19.0 Å². The second-order valence-corrected chi connectivity index (χ2v) is 9.09. The Hall–Kier alpha value is -3.57. The van der Waals surface area contributed by atoms with Crippen LogP contribution in [0.4, 0.5) is 4.39 Å². The van der Waals surface area contributed by atoms with E-state index in [1.807, 2.05) is 12.3 Å². The average Bonchev–Trinajstić information content (AvgIpc) is 3.26. The van der Waals surface area contributed by atoms with E-state index in [4.69, 9.17) is 23.2 Å². The number of aromatic nitrogens is 8. The highest BCUT2D eigenvalue weighted by Gasteiger charge is 2.26. The zero-order valence-corrected chi connectivity index (χ0v) is 19.7. The van der Waals surface area contributed by atoms with Gasteiger partial charge in [-0.25, -0.2) is 23.6 Å². The number of nitrogens with zero attached hydrogens (tertiary/aromatic N) is 8. The number of alkyl halides is 1. The summed E-state index contributed by atoms with van der Waals surface area (Å²) in [4.78, 5) is 21.4. The summed E-state index contributed by atoms with van der Waals surface area (Å²) in [6.45, 7) is 0.307. The normalized spacial score (nSPS) is 13.7. The lowest BCUT2D eigenvalue weighted by atomic mass is 10.2. The van der Waals surface area contributed by atoms with E-state index in [-0.39, 0.29) is 22.8 Å². The van der Waals surface area contributed by atoms with Gasteiger partial charge >= 0.3 is 0 Å². The van der Waals surface area contributed by atoms with Crippen molar-refractivity contribution in [3.05, 3.63) is 76.2 Å². The Morgan fingerprint density at radius 3 is 2.94 bits per heavy atom. The molecule has 13 heteroatoms. The monoisotopic (exact) mass is 513 g/mol. The van der Waals surface area contributed by atoms with E-state index in [0.717, 1.165) is 24.1 Å². The zero-order valence-electron chi connectivity index (χ0n) is 18.2. The van der Waals surface area contributed by atoms with Gasteiger partial charge in [-0.1, -0.05) is 16.8 Å². The predicted molar refractivity (Wildman–Crippen MR) is 125 cm³/mol.